The summed E-state index contributed by atoms with van der Waals surface area (Å²) < 4.78 is 9.92. The van der Waals surface area contributed by atoms with Gasteiger partial charge in [-0.3, -0.25) is 5.43 Å². The molecule has 0 aliphatic heterocycles. The predicted molar refractivity (Wildman–Crippen MR) is 82.5 cm³/mol. The fourth-order valence-electron chi connectivity index (χ4n) is 1.45. The van der Waals surface area contributed by atoms with Crippen LogP contribution in [0.4, 0.5) is 0 Å². The summed E-state index contributed by atoms with van der Waals surface area (Å²) in [6.07, 6.45) is 0. The summed E-state index contributed by atoms with van der Waals surface area (Å²) in [6, 6.07) is 5.02. The van der Waals surface area contributed by atoms with Crippen LogP contribution in [0.3, 0.4) is 0 Å². The molecule has 0 aliphatic carbocycles. The van der Waals surface area contributed by atoms with Crippen molar-refractivity contribution in [2.75, 3.05) is 27.4 Å². The highest BCUT2D eigenvalue weighted by Crippen LogP contribution is 2.23. The molecular formula is C13H19N3O3S. The Morgan fingerprint density at radius 2 is 2.15 bits per heavy atom. The van der Waals surface area contributed by atoms with E-state index >= 15 is 0 Å². The van der Waals surface area contributed by atoms with Crippen molar-refractivity contribution >= 4 is 23.0 Å². The summed E-state index contributed by atoms with van der Waals surface area (Å²) in [7, 11) is 3.16. The summed E-state index contributed by atoms with van der Waals surface area (Å²) in [5.41, 5.74) is 3.93. The predicted octanol–water partition coefficient (Wildman–Crippen LogP) is 1.24. The lowest BCUT2D eigenvalue weighted by Crippen LogP contribution is -2.34. The number of hydrazone groups is 1. The van der Waals surface area contributed by atoms with E-state index in [1.54, 1.807) is 33.3 Å². The molecule has 0 saturated carbocycles. The number of hydrogen-bond donors (Lipinski definition) is 3. The van der Waals surface area contributed by atoms with E-state index < -0.39 is 0 Å². The molecule has 0 unspecified atom stereocenters. The van der Waals surface area contributed by atoms with Gasteiger partial charge in [-0.15, -0.1) is 0 Å². The van der Waals surface area contributed by atoms with Gasteiger partial charge in [-0.2, -0.15) is 5.10 Å². The average Bonchev–Trinajstić information content (AvgIpc) is 2.44. The molecule has 0 bridgehead atoms. The van der Waals surface area contributed by atoms with Crippen molar-refractivity contribution < 1.29 is 14.6 Å². The van der Waals surface area contributed by atoms with Crippen molar-refractivity contribution in [2.24, 2.45) is 5.10 Å². The number of phenols is 1. The van der Waals surface area contributed by atoms with Gasteiger partial charge >= 0.3 is 0 Å². The van der Waals surface area contributed by atoms with Crippen molar-refractivity contribution in [1.82, 2.24) is 10.7 Å². The molecule has 6 nitrogen and oxygen atoms in total. The standard InChI is InChI=1S/C13H19N3O3S/c1-9(15-16-13(20)14-6-7-18-2)11-5-4-10(19-3)8-12(11)17/h4-5,8,17H,6-7H2,1-3H3,(H2,14,16,20). The Hall–Kier alpha value is -1.86. The van der Waals surface area contributed by atoms with Crippen LogP contribution in [-0.2, 0) is 4.74 Å². The molecule has 0 heterocycles. The first-order valence-corrected chi connectivity index (χ1v) is 6.43. The maximum absolute atomic E-state index is 9.88. The highest BCUT2D eigenvalue weighted by molar-refractivity contribution is 7.80. The first kappa shape index (κ1) is 16.2. The van der Waals surface area contributed by atoms with Crippen molar-refractivity contribution in [3.63, 3.8) is 0 Å². The maximum atomic E-state index is 9.88. The normalized spacial score (nSPS) is 11.1. The number of benzene rings is 1. The van der Waals surface area contributed by atoms with Crippen LogP contribution in [0, 0.1) is 0 Å². The van der Waals surface area contributed by atoms with Crippen molar-refractivity contribution in [1.29, 1.82) is 0 Å². The van der Waals surface area contributed by atoms with E-state index in [1.807, 2.05) is 0 Å². The minimum absolute atomic E-state index is 0.102. The smallest absolute Gasteiger partial charge is 0.187 e. The van der Waals surface area contributed by atoms with Gasteiger partial charge in [0.05, 0.1) is 19.4 Å². The quantitative estimate of drug-likeness (QED) is 0.317. The number of nitrogens with zero attached hydrogens (tertiary/aromatic N) is 1. The van der Waals surface area contributed by atoms with Gasteiger partial charge in [0.25, 0.3) is 0 Å². The van der Waals surface area contributed by atoms with Crippen LogP contribution in [0.5, 0.6) is 11.5 Å². The summed E-state index contributed by atoms with van der Waals surface area (Å²) in [6.45, 7) is 2.93. The minimum Gasteiger partial charge on any atom is -0.507 e. The van der Waals surface area contributed by atoms with E-state index in [1.165, 1.54) is 6.07 Å². The SMILES string of the molecule is COCCNC(=S)NN=C(C)c1ccc(OC)cc1O. The van der Waals surface area contributed by atoms with Crippen LogP contribution in [-0.4, -0.2) is 43.3 Å². The summed E-state index contributed by atoms with van der Waals surface area (Å²) in [4.78, 5) is 0. The van der Waals surface area contributed by atoms with Crippen LogP contribution in [0.15, 0.2) is 23.3 Å². The van der Waals surface area contributed by atoms with Crippen LogP contribution < -0.4 is 15.5 Å². The third-order valence-corrected chi connectivity index (χ3v) is 2.75. The van der Waals surface area contributed by atoms with Gasteiger partial charge in [0.1, 0.15) is 11.5 Å². The highest BCUT2D eigenvalue weighted by atomic mass is 32.1. The lowest BCUT2D eigenvalue weighted by molar-refractivity contribution is 0.204. The van der Waals surface area contributed by atoms with Crippen LogP contribution in [0.25, 0.3) is 0 Å². The Kier molecular flexibility index (Phi) is 6.75. The Labute approximate surface area is 123 Å². The van der Waals surface area contributed by atoms with Gasteiger partial charge in [0, 0.05) is 25.3 Å². The monoisotopic (exact) mass is 297 g/mol. The zero-order chi connectivity index (χ0) is 15.0. The Morgan fingerprint density at radius 3 is 2.75 bits per heavy atom. The fraction of sp³-hybridized carbons (Fsp3) is 0.385. The summed E-state index contributed by atoms with van der Waals surface area (Å²) >= 11 is 5.04. The van der Waals surface area contributed by atoms with Gasteiger partial charge in [-0.05, 0) is 31.3 Å². The molecule has 0 amide bonds. The molecule has 1 aromatic carbocycles. The molecule has 0 fully saturated rings. The molecule has 20 heavy (non-hydrogen) atoms. The number of hydrogen-bond acceptors (Lipinski definition) is 5. The number of thiocarbonyl (C=S) groups is 1. The molecular weight excluding hydrogens is 278 g/mol. The van der Waals surface area contributed by atoms with E-state index in [-0.39, 0.29) is 5.75 Å². The molecule has 1 aromatic rings. The molecule has 0 aliphatic rings. The number of nitrogens with one attached hydrogen (secondary N) is 2. The zero-order valence-electron chi connectivity index (χ0n) is 11.8. The van der Waals surface area contributed by atoms with E-state index in [2.05, 4.69) is 15.8 Å². The van der Waals surface area contributed by atoms with E-state index in [0.717, 1.165) is 0 Å². The zero-order valence-corrected chi connectivity index (χ0v) is 12.6. The van der Waals surface area contributed by atoms with E-state index in [9.17, 15) is 5.11 Å². The second kappa shape index (κ2) is 8.34. The molecule has 0 atom stereocenters. The van der Waals surface area contributed by atoms with Gasteiger partial charge in [0.15, 0.2) is 5.11 Å². The Bertz CT molecular complexity index is 492. The molecule has 0 spiro atoms. The largest absolute Gasteiger partial charge is 0.507 e. The molecule has 3 N–H and O–H groups in total. The number of aromatic hydroxyl groups is 1. The van der Waals surface area contributed by atoms with E-state index in [4.69, 9.17) is 21.7 Å². The van der Waals surface area contributed by atoms with Crippen molar-refractivity contribution in [3.05, 3.63) is 23.8 Å². The molecule has 0 aromatic heterocycles. The third kappa shape index (κ3) is 5.02. The van der Waals surface area contributed by atoms with E-state index in [0.29, 0.717) is 35.3 Å². The highest BCUT2D eigenvalue weighted by Gasteiger charge is 2.06. The maximum Gasteiger partial charge on any atom is 0.187 e. The number of ether oxygens (including phenoxy) is 2. The van der Waals surface area contributed by atoms with Crippen LogP contribution in [0.1, 0.15) is 12.5 Å². The topological polar surface area (TPSA) is 75.1 Å². The summed E-state index contributed by atoms with van der Waals surface area (Å²) in [5.74, 6) is 0.689. The van der Waals surface area contributed by atoms with Gasteiger partial charge in [0.2, 0.25) is 0 Å². The van der Waals surface area contributed by atoms with Gasteiger partial charge < -0.3 is 19.9 Å². The lowest BCUT2D eigenvalue weighted by atomic mass is 10.1. The number of rotatable bonds is 6. The van der Waals surface area contributed by atoms with Crippen LogP contribution >= 0.6 is 12.2 Å². The average molecular weight is 297 g/mol. The Morgan fingerprint density at radius 1 is 1.40 bits per heavy atom. The molecule has 0 radical (unpaired) electrons. The van der Waals surface area contributed by atoms with Crippen LogP contribution in [0.2, 0.25) is 0 Å². The first-order valence-electron chi connectivity index (χ1n) is 6.03. The Balaban J connectivity index is 2.62. The summed E-state index contributed by atoms with van der Waals surface area (Å²) in [5, 5.41) is 17.3. The minimum atomic E-state index is 0.102. The molecule has 110 valence electrons. The van der Waals surface area contributed by atoms with Gasteiger partial charge in [-0.25, -0.2) is 0 Å². The first-order chi connectivity index (χ1) is 9.58. The number of methoxy groups -OCH3 is 2. The van der Waals surface area contributed by atoms with Gasteiger partial charge in [-0.1, -0.05) is 0 Å². The lowest BCUT2D eigenvalue weighted by Gasteiger charge is -2.09. The van der Waals surface area contributed by atoms with Crippen molar-refractivity contribution in [2.45, 2.75) is 6.92 Å². The molecule has 0 saturated heterocycles. The fourth-order valence-corrected chi connectivity index (χ4v) is 1.59. The molecule has 1 rings (SSSR count). The third-order valence-electron chi connectivity index (χ3n) is 2.51. The second-order valence-electron chi connectivity index (χ2n) is 3.94. The van der Waals surface area contributed by atoms with Crippen molar-refractivity contribution in [3.8, 4) is 11.5 Å². The second-order valence-corrected chi connectivity index (χ2v) is 4.35. The number of phenolic OH excluding ortho intramolecular Hbond substituents is 1. The molecule has 7 heteroatoms.